The molecule has 7 heteroatoms. The van der Waals surface area contributed by atoms with E-state index in [-0.39, 0.29) is 5.91 Å². The number of fused-ring (bicyclic) bond motifs is 2. The van der Waals surface area contributed by atoms with E-state index in [2.05, 4.69) is 39.2 Å². The number of anilines is 1. The van der Waals surface area contributed by atoms with E-state index >= 15 is 0 Å². The van der Waals surface area contributed by atoms with Gasteiger partial charge in [0.05, 0.1) is 10.2 Å². The van der Waals surface area contributed by atoms with Crippen LogP contribution in [0.3, 0.4) is 0 Å². The molecule has 2 aromatic heterocycles. The first-order valence-electron chi connectivity index (χ1n) is 9.90. The van der Waals surface area contributed by atoms with Crippen molar-refractivity contribution in [2.75, 3.05) is 18.4 Å². The molecule has 1 aliphatic heterocycles. The van der Waals surface area contributed by atoms with Crippen molar-refractivity contribution in [1.29, 1.82) is 0 Å². The normalized spacial score (nSPS) is 15.9. The molecule has 1 amide bonds. The number of rotatable bonds is 4. The molecule has 148 valence electrons. The topological polar surface area (TPSA) is 71.3 Å². The van der Waals surface area contributed by atoms with Crippen LogP contribution in [-0.4, -0.2) is 33.9 Å². The summed E-state index contributed by atoms with van der Waals surface area (Å²) in [5, 5.41) is 3.52. The third kappa shape index (κ3) is 3.88. The SMILES string of the molecule is CC1CCN(Cc2ccc3nc(NC(=O)c4ccc5ocnc5c4)sc3c2)CC1. The minimum absolute atomic E-state index is 0.198. The Morgan fingerprint density at radius 3 is 2.93 bits per heavy atom. The number of oxazole rings is 1. The Kier molecular flexibility index (Phi) is 4.77. The first kappa shape index (κ1) is 18.3. The van der Waals surface area contributed by atoms with Crippen LogP contribution in [0, 0.1) is 5.92 Å². The lowest BCUT2D eigenvalue weighted by Gasteiger charge is -2.30. The monoisotopic (exact) mass is 406 g/mol. The van der Waals surface area contributed by atoms with Crippen molar-refractivity contribution in [3.8, 4) is 0 Å². The third-order valence-corrected chi connectivity index (χ3v) is 6.48. The number of amides is 1. The van der Waals surface area contributed by atoms with E-state index < -0.39 is 0 Å². The van der Waals surface area contributed by atoms with Crippen LogP contribution in [-0.2, 0) is 6.54 Å². The Balaban J connectivity index is 1.31. The molecule has 29 heavy (non-hydrogen) atoms. The van der Waals surface area contributed by atoms with Crippen molar-refractivity contribution in [1.82, 2.24) is 14.9 Å². The second kappa shape index (κ2) is 7.57. The van der Waals surface area contributed by atoms with Gasteiger partial charge in [0.15, 0.2) is 17.1 Å². The molecule has 0 spiro atoms. The zero-order chi connectivity index (χ0) is 19.8. The summed E-state index contributed by atoms with van der Waals surface area (Å²) in [4.78, 5) is 23.8. The molecule has 1 N–H and O–H groups in total. The van der Waals surface area contributed by atoms with Gasteiger partial charge < -0.3 is 4.42 Å². The summed E-state index contributed by atoms with van der Waals surface area (Å²) in [6, 6.07) is 11.6. The van der Waals surface area contributed by atoms with Crippen LogP contribution in [0.15, 0.2) is 47.2 Å². The van der Waals surface area contributed by atoms with E-state index in [1.54, 1.807) is 18.2 Å². The molecule has 4 aromatic rings. The zero-order valence-corrected chi connectivity index (χ0v) is 17.0. The van der Waals surface area contributed by atoms with Gasteiger partial charge in [-0.05, 0) is 67.7 Å². The van der Waals surface area contributed by atoms with Crippen molar-refractivity contribution >= 4 is 43.7 Å². The van der Waals surface area contributed by atoms with Gasteiger partial charge in [0.2, 0.25) is 0 Å². The van der Waals surface area contributed by atoms with Gasteiger partial charge in [0, 0.05) is 12.1 Å². The second-order valence-electron chi connectivity index (χ2n) is 7.77. The van der Waals surface area contributed by atoms with Gasteiger partial charge in [-0.2, -0.15) is 0 Å². The molecule has 1 saturated heterocycles. The summed E-state index contributed by atoms with van der Waals surface area (Å²) < 4.78 is 6.32. The number of piperidine rings is 1. The van der Waals surface area contributed by atoms with Crippen LogP contribution in [0.5, 0.6) is 0 Å². The highest BCUT2D eigenvalue weighted by Gasteiger charge is 2.16. The lowest BCUT2D eigenvalue weighted by molar-refractivity contribution is 0.102. The molecule has 0 atom stereocenters. The van der Waals surface area contributed by atoms with Crippen molar-refractivity contribution in [2.45, 2.75) is 26.3 Å². The van der Waals surface area contributed by atoms with E-state index in [0.29, 0.717) is 21.8 Å². The number of thiazole rings is 1. The maximum atomic E-state index is 12.6. The van der Waals surface area contributed by atoms with Gasteiger partial charge in [-0.1, -0.05) is 24.3 Å². The summed E-state index contributed by atoms with van der Waals surface area (Å²) in [7, 11) is 0. The van der Waals surface area contributed by atoms with Gasteiger partial charge in [0.25, 0.3) is 5.91 Å². The number of hydrogen-bond donors (Lipinski definition) is 1. The summed E-state index contributed by atoms with van der Waals surface area (Å²) in [6.07, 6.45) is 3.93. The fourth-order valence-corrected chi connectivity index (χ4v) is 4.69. The first-order valence-corrected chi connectivity index (χ1v) is 10.7. The summed E-state index contributed by atoms with van der Waals surface area (Å²) in [5.74, 6) is 0.642. The van der Waals surface area contributed by atoms with Gasteiger partial charge in [0.1, 0.15) is 5.52 Å². The average molecular weight is 407 g/mol. The number of carbonyl (C=O) groups is 1. The van der Waals surface area contributed by atoms with E-state index in [1.165, 1.54) is 49.2 Å². The van der Waals surface area contributed by atoms with Crippen molar-refractivity contribution in [3.63, 3.8) is 0 Å². The maximum absolute atomic E-state index is 12.6. The van der Waals surface area contributed by atoms with Gasteiger partial charge in [-0.3, -0.25) is 15.0 Å². The van der Waals surface area contributed by atoms with Gasteiger partial charge in [-0.15, -0.1) is 0 Å². The van der Waals surface area contributed by atoms with E-state index in [4.69, 9.17) is 4.42 Å². The van der Waals surface area contributed by atoms with Crippen LogP contribution < -0.4 is 5.32 Å². The Labute approximate surface area is 172 Å². The molecular formula is C22H22N4O2S. The van der Waals surface area contributed by atoms with Crippen LogP contribution in [0.1, 0.15) is 35.7 Å². The summed E-state index contributed by atoms with van der Waals surface area (Å²) in [5.41, 5.74) is 4.07. The molecule has 0 aliphatic carbocycles. The lowest BCUT2D eigenvalue weighted by atomic mass is 9.99. The van der Waals surface area contributed by atoms with E-state index in [9.17, 15) is 4.79 Å². The molecule has 5 rings (SSSR count). The molecule has 1 fully saturated rings. The van der Waals surface area contributed by atoms with Crippen molar-refractivity contribution in [3.05, 3.63) is 53.9 Å². The predicted molar refractivity (Wildman–Crippen MR) is 115 cm³/mol. The van der Waals surface area contributed by atoms with Crippen LogP contribution >= 0.6 is 11.3 Å². The van der Waals surface area contributed by atoms with Gasteiger partial charge in [-0.25, -0.2) is 9.97 Å². The second-order valence-corrected chi connectivity index (χ2v) is 8.80. The van der Waals surface area contributed by atoms with E-state index in [0.717, 1.165) is 22.7 Å². The Hall–Kier alpha value is -2.77. The highest BCUT2D eigenvalue weighted by Crippen LogP contribution is 2.28. The number of benzene rings is 2. The van der Waals surface area contributed by atoms with Crippen LogP contribution in [0.25, 0.3) is 21.3 Å². The number of aromatic nitrogens is 2. The number of hydrogen-bond acceptors (Lipinski definition) is 6. The molecular weight excluding hydrogens is 384 g/mol. The third-order valence-electron chi connectivity index (χ3n) is 5.55. The smallest absolute Gasteiger partial charge is 0.257 e. The number of nitrogens with one attached hydrogen (secondary N) is 1. The summed E-state index contributed by atoms with van der Waals surface area (Å²) >= 11 is 1.51. The van der Waals surface area contributed by atoms with Crippen LogP contribution in [0.2, 0.25) is 0 Å². The Morgan fingerprint density at radius 1 is 1.21 bits per heavy atom. The molecule has 0 unspecified atom stereocenters. The highest BCUT2D eigenvalue weighted by molar-refractivity contribution is 7.22. The Morgan fingerprint density at radius 2 is 2.07 bits per heavy atom. The highest BCUT2D eigenvalue weighted by atomic mass is 32.1. The molecule has 0 bridgehead atoms. The molecule has 3 heterocycles. The number of nitrogens with zero attached hydrogens (tertiary/aromatic N) is 3. The zero-order valence-electron chi connectivity index (χ0n) is 16.2. The minimum Gasteiger partial charge on any atom is -0.443 e. The molecule has 0 radical (unpaired) electrons. The van der Waals surface area contributed by atoms with Crippen molar-refractivity contribution < 1.29 is 9.21 Å². The van der Waals surface area contributed by atoms with Crippen LogP contribution in [0.4, 0.5) is 5.13 Å². The molecule has 0 saturated carbocycles. The molecule has 1 aliphatic rings. The maximum Gasteiger partial charge on any atom is 0.257 e. The Bertz CT molecular complexity index is 1170. The number of likely N-dealkylation sites (tertiary alicyclic amines) is 1. The minimum atomic E-state index is -0.198. The molecule has 6 nitrogen and oxygen atoms in total. The summed E-state index contributed by atoms with van der Waals surface area (Å²) in [6.45, 7) is 5.64. The predicted octanol–water partition coefficient (Wildman–Crippen LogP) is 4.92. The standard InChI is InChI=1S/C22H22N4O2S/c1-14-6-8-26(9-7-14)12-15-2-4-17-20(10-15)29-22(24-17)25-21(27)16-3-5-19-18(11-16)23-13-28-19/h2-5,10-11,13-14H,6-9,12H2,1H3,(H,24,25,27). The molecule has 2 aromatic carbocycles. The quantitative estimate of drug-likeness (QED) is 0.521. The fourth-order valence-electron chi connectivity index (χ4n) is 3.77. The largest absolute Gasteiger partial charge is 0.443 e. The van der Waals surface area contributed by atoms with Crippen molar-refractivity contribution in [2.24, 2.45) is 5.92 Å². The van der Waals surface area contributed by atoms with E-state index in [1.807, 2.05) is 6.07 Å². The lowest BCUT2D eigenvalue weighted by Crippen LogP contribution is -2.32. The fraction of sp³-hybridized carbons (Fsp3) is 0.318. The average Bonchev–Trinajstić information content (AvgIpc) is 3.35. The first-order chi connectivity index (χ1) is 14.1. The number of carbonyl (C=O) groups excluding carboxylic acids is 1. The van der Waals surface area contributed by atoms with Gasteiger partial charge >= 0.3 is 0 Å².